The van der Waals surface area contributed by atoms with Crippen LogP contribution in [-0.4, -0.2) is 36.0 Å². The molecule has 9 heteroatoms. The second kappa shape index (κ2) is 5.21. The van der Waals surface area contributed by atoms with Crippen LogP contribution in [0.4, 0.5) is 5.82 Å². The van der Waals surface area contributed by atoms with E-state index in [-0.39, 0.29) is 6.54 Å². The van der Waals surface area contributed by atoms with Gasteiger partial charge in [-0.2, -0.15) is 0 Å². The molecule has 0 aliphatic carbocycles. The molecule has 0 fully saturated rings. The molecule has 3 aromatic heterocycles. The number of aromatic nitrogens is 5. The molecule has 0 saturated heterocycles. The van der Waals surface area contributed by atoms with Crippen LogP contribution in [-0.2, 0) is 17.9 Å². The molecule has 3 heterocycles. The first kappa shape index (κ1) is 12.5. The Labute approximate surface area is 117 Å². The summed E-state index contributed by atoms with van der Waals surface area (Å²) in [5, 5.41) is 22.3. The van der Waals surface area contributed by atoms with Gasteiger partial charge < -0.3 is 10.4 Å². The van der Waals surface area contributed by atoms with Gasteiger partial charge in [0.15, 0.2) is 0 Å². The van der Waals surface area contributed by atoms with Crippen molar-refractivity contribution in [2.45, 2.75) is 13.1 Å². The SMILES string of the molecule is O=C(O)Cn1cc(CNc2ncnc3sccc23)nn1. The van der Waals surface area contributed by atoms with E-state index in [2.05, 4.69) is 25.6 Å². The molecule has 3 rings (SSSR count). The topological polar surface area (TPSA) is 106 Å². The number of nitrogens with zero attached hydrogens (tertiary/aromatic N) is 5. The number of rotatable bonds is 5. The normalized spacial score (nSPS) is 10.8. The number of carboxylic acids is 1. The lowest BCUT2D eigenvalue weighted by atomic mass is 10.3. The van der Waals surface area contributed by atoms with Crippen molar-refractivity contribution in [1.82, 2.24) is 25.0 Å². The van der Waals surface area contributed by atoms with E-state index in [4.69, 9.17) is 5.11 Å². The standard InChI is InChI=1S/C11H10N6O2S/c18-9(19)5-17-4-7(15-16-17)3-12-10-8-1-2-20-11(8)14-6-13-10/h1-2,4,6H,3,5H2,(H,18,19)(H,12,13,14). The summed E-state index contributed by atoms with van der Waals surface area (Å²) < 4.78 is 1.28. The van der Waals surface area contributed by atoms with Gasteiger partial charge in [-0.3, -0.25) is 4.79 Å². The summed E-state index contributed by atoms with van der Waals surface area (Å²) in [6.07, 6.45) is 3.09. The van der Waals surface area contributed by atoms with E-state index in [1.165, 1.54) is 11.0 Å². The molecule has 3 aromatic rings. The molecular formula is C11H10N6O2S. The molecule has 0 aromatic carbocycles. The summed E-state index contributed by atoms with van der Waals surface area (Å²) in [5.74, 6) is -0.228. The lowest BCUT2D eigenvalue weighted by Gasteiger charge is -2.03. The smallest absolute Gasteiger partial charge is 0.325 e. The van der Waals surface area contributed by atoms with Crippen LogP contribution in [0.3, 0.4) is 0 Å². The molecule has 0 saturated carbocycles. The number of hydrogen-bond acceptors (Lipinski definition) is 7. The minimum Gasteiger partial charge on any atom is -0.480 e. The van der Waals surface area contributed by atoms with E-state index >= 15 is 0 Å². The summed E-state index contributed by atoms with van der Waals surface area (Å²) in [4.78, 5) is 19.8. The van der Waals surface area contributed by atoms with Crippen molar-refractivity contribution < 1.29 is 9.90 Å². The number of anilines is 1. The lowest BCUT2D eigenvalue weighted by Crippen LogP contribution is -2.09. The fourth-order valence-electron chi connectivity index (χ4n) is 1.74. The Hall–Kier alpha value is -2.55. The molecule has 0 spiro atoms. The number of carboxylic acid groups (broad SMARTS) is 1. The molecule has 20 heavy (non-hydrogen) atoms. The molecule has 0 amide bonds. The van der Waals surface area contributed by atoms with Crippen molar-refractivity contribution in [3.05, 3.63) is 29.7 Å². The Kier molecular flexibility index (Phi) is 3.25. The quantitative estimate of drug-likeness (QED) is 0.721. The average molecular weight is 290 g/mol. The predicted molar refractivity (Wildman–Crippen MR) is 72.4 cm³/mol. The third kappa shape index (κ3) is 2.57. The zero-order valence-electron chi connectivity index (χ0n) is 10.2. The second-order valence-electron chi connectivity index (χ2n) is 4.02. The third-order valence-corrected chi connectivity index (χ3v) is 3.40. The number of aliphatic carboxylic acids is 1. The maximum Gasteiger partial charge on any atom is 0.325 e. The van der Waals surface area contributed by atoms with Crippen molar-refractivity contribution >= 4 is 33.3 Å². The van der Waals surface area contributed by atoms with Crippen molar-refractivity contribution in [1.29, 1.82) is 0 Å². The van der Waals surface area contributed by atoms with Gasteiger partial charge >= 0.3 is 5.97 Å². The Morgan fingerprint density at radius 2 is 2.35 bits per heavy atom. The van der Waals surface area contributed by atoms with Gasteiger partial charge in [-0.15, -0.1) is 16.4 Å². The first-order valence-electron chi connectivity index (χ1n) is 5.75. The molecule has 0 unspecified atom stereocenters. The Bertz CT molecular complexity index is 752. The van der Waals surface area contributed by atoms with Crippen molar-refractivity contribution in [3.8, 4) is 0 Å². The molecule has 0 atom stereocenters. The van der Waals surface area contributed by atoms with Crippen LogP contribution in [0, 0.1) is 0 Å². The lowest BCUT2D eigenvalue weighted by molar-refractivity contribution is -0.137. The first-order valence-corrected chi connectivity index (χ1v) is 6.63. The molecule has 0 aliphatic heterocycles. The maximum atomic E-state index is 10.6. The summed E-state index contributed by atoms with van der Waals surface area (Å²) >= 11 is 1.55. The van der Waals surface area contributed by atoms with Crippen LogP contribution < -0.4 is 5.32 Å². The van der Waals surface area contributed by atoms with E-state index in [0.29, 0.717) is 12.2 Å². The van der Waals surface area contributed by atoms with Crippen LogP contribution in [0.5, 0.6) is 0 Å². The summed E-state index contributed by atoms with van der Waals surface area (Å²) in [5.41, 5.74) is 0.647. The highest BCUT2D eigenvalue weighted by Crippen LogP contribution is 2.23. The van der Waals surface area contributed by atoms with Crippen molar-refractivity contribution in [2.75, 3.05) is 5.32 Å². The number of thiophene rings is 1. The van der Waals surface area contributed by atoms with Crippen molar-refractivity contribution in [3.63, 3.8) is 0 Å². The van der Waals surface area contributed by atoms with Crippen LogP contribution in [0.2, 0.25) is 0 Å². The van der Waals surface area contributed by atoms with Gasteiger partial charge in [-0.25, -0.2) is 14.6 Å². The predicted octanol–water partition coefficient (Wildman–Crippen LogP) is 0.979. The van der Waals surface area contributed by atoms with Crippen molar-refractivity contribution in [2.24, 2.45) is 0 Å². The van der Waals surface area contributed by atoms with Gasteiger partial charge in [0.2, 0.25) is 0 Å². The summed E-state index contributed by atoms with van der Waals surface area (Å²) in [7, 11) is 0. The monoisotopic (exact) mass is 290 g/mol. The minimum atomic E-state index is -0.954. The fraction of sp³-hybridized carbons (Fsp3) is 0.182. The number of hydrogen-bond donors (Lipinski definition) is 2. The Morgan fingerprint density at radius 1 is 1.45 bits per heavy atom. The first-order chi connectivity index (χ1) is 9.72. The molecule has 0 aliphatic rings. The van der Waals surface area contributed by atoms with Gasteiger partial charge in [0.05, 0.1) is 18.1 Å². The highest BCUT2D eigenvalue weighted by atomic mass is 32.1. The van der Waals surface area contributed by atoms with E-state index in [9.17, 15) is 4.79 Å². The van der Waals surface area contributed by atoms with E-state index in [0.717, 1.165) is 16.0 Å². The number of nitrogens with one attached hydrogen (secondary N) is 1. The van der Waals surface area contributed by atoms with Crippen LogP contribution in [0.1, 0.15) is 5.69 Å². The van der Waals surface area contributed by atoms with Crippen LogP contribution in [0.15, 0.2) is 24.0 Å². The Morgan fingerprint density at radius 3 is 3.20 bits per heavy atom. The van der Waals surface area contributed by atoms with Gasteiger partial charge in [-0.1, -0.05) is 5.21 Å². The fourth-order valence-corrected chi connectivity index (χ4v) is 2.47. The summed E-state index contributed by atoms with van der Waals surface area (Å²) in [6, 6.07) is 1.95. The van der Waals surface area contributed by atoms with E-state index in [1.54, 1.807) is 17.5 Å². The van der Waals surface area contributed by atoms with Crippen LogP contribution in [0.25, 0.3) is 10.2 Å². The molecule has 2 N–H and O–H groups in total. The van der Waals surface area contributed by atoms with Gasteiger partial charge in [0.1, 0.15) is 29.2 Å². The maximum absolute atomic E-state index is 10.6. The highest BCUT2D eigenvalue weighted by Gasteiger charge is 2.07. The molecule has 102 valence electrons. The highest BCUT2D eigenvalue weighted by molar-refractivity contribution is 7.16. The molecular weight excluding hydrogens is 280 g/mol. The van der Waals surface area contributed by atoms with E-state index in [1.807, 2.05) is 11.4 Å². The molecule has 0 bridgehead atoms. The minimum absolute atomic E-state index is 0.199. The van der Waals surface area contributed by atoms with E-state index < -0.39 is 5.97 Å². The number of fused-ring (bicyclic) bond motifs is 1. The zero-order chi connectivity index (χ0) is 13.9. The number of carbonyl (C=O) groups is 1. The van der Waals surface area contributed by atoms with Gasteiger partial charge in [0.25, 0.3) is 0 Å². The molecule has 8 nitrogen and oxygen atoms in total. The van der Waals surface area contributed by atoms with Gasteiger partial charge in [0, 0.05) is 0 Å². The average Bonchev–Trinajstić information content (AvgIpc) is 3.04. The van der Waals surface area contributed by atoms with Gasteiger partial charge in [-0.05, 0) is 11.4 Å². The zero-order valence-corrected chi connectivity index (χ0v) is 11.0. The summed E-state index contributed by atoms with van der Waals surface area (Å²) in [6.45, 7) is 0.219. The third-order valence-electron chi connectivity index (χ3n) is 2.58. The largest absolute Gasteiger partial charge is 0.480 e. The molecule has 0 radical (unpaired) electrons. The Balaban J connectivity index is 1.71. The van der Waals surface area contributed by atoms with Crippen LogP contribution >= 0.6 is 11.3 Å². The second-order valence-corrected chi connectivity index (χ2v) is 4.91.